The molecule has 21 heavy (non-hydrogen) atoms. The van der Waals surface area contributed by atoms with Gasteiger partial charge in [0.1, 0.15) is 11.4 Å². The average molecular weight is 319 g/mol. The van der Waals surface area contributed by atoms with Crippen molar-refractivity contribution in [3.05, 3.63) is 29.8 Å². The monoisotopic (exact) mass is 319 g/mol. The van der Waals surface area contributed by atoms with Gasteiger partial charge in [0, 0.05) is 6.54 Å². The zero-order valence-electron chi connectivity index (χ0n) is 12.1. The maximum atomic E-state index is 12.3. The molecule has 1 aromatic carbocycles. The molecule has 0 radical (unpaired) electrons. The number of amides is 1. The third-order valence-electron chi connectivity index (χ3n) is 2.20. The highest BCUT2D eigenvalue weighted by Gasteiger charge is 2.15. The van der Waals surface area contributed by atoms with Gasteiger partial charge in [0.25, 0.3) is 0 Å². The first kappa shape index (κ1) is 17.2. The molecule has 0 atom stereocenters. The van der Waals surface area contributed by atoms with Crippen molar-refractivity contribution in [3.8, 4) is 5.75 Å². The molecule has 1 rings (SSSR count). The number of ether oxygens (including phenoxy) is 1. The Balaban J connectivity index is 2.41. The number of alkyl carbamates (subject to hydrolysis) is 1. The molecule has 0 aliphatic rings. The SMILES string of the molecule is CC(C)(C)OC(=O)NCCc1ccc(OS(=O)(=O)F)cc1. The van der Waals surface area contributed by atoms with Crippen molar-refractivity contribution >= 4 is 16.6 Å². The molecule has 0 saturated carbocycles. The fourth-order valence-electron chi connectivity index (χ4n) is 1.45. The Morgan fingerprint density at radius 1 is 1.24 bits per heavy atom. The Morgan fingerprint density at radius 3 is 2.29 bits per heavy atom. The third kappa shape index (κ3) is 8.13. The third-order valence-corrected chi connectivity index (χ3v) is 2.59. The summed E-state index contributed by atoms with van der Waals surface area (Å²) < 4.78 is 42.0. The van der Waals surface area contributed by atoms with Gasteiger partial charge >= 0.3 is 16.6 Å². The van der Waals surface area contributed by atoms with E-state index in [0.717, 1.165) is 5.56 Å². The number of nitrogens with one attached hydrogen (secondary N) is 1. The first-order valence-corrected chi connectivity index (χ1v) is 7.56. The van der Waals surface area contributed by atoms with Gasteiger partial charge < -0.3 is 14.2 Å². The van der Waals surface area contributed by atoms with E-state index in [2.05, 4.69) is 9.50 Å². The molecule has 0 aromatic heterocycles. The number of hydrogen-bond acceptors (Lipinski definition) is 5. The Morgan fingerprint density at radius 2 is 1.81 bits per heavy atom. The van der Waals surface area contributed by atoms with Crippen molar-refractivity contribution in [2.24, 2.45) is 0 Å². The van der Waals surface area contributed by atoms with E-state index in [1.807, 2.05) is 0 Å². The molecule has 6 nitrogen and oxygen atoms in total. The van der Waals surface area contributed by atoms with Crippen LogP contribution in [0.3, 0.4) is 0 Å². The van der Waals surface area contributed by atoms with E-state index < -0.39 is 22.2 Å². The van der Waals surface area contributed by atoms with Crippen LogP contribution in [-0.2, 0) is 21.7 Å². The highest BCUT2D eigenvalue weighted by Crippen LogP contribution is 2.15. The topological polar surface area (TPSA) is 81.7 Å². The predicted molar refractivity (Wildman–Crippen MR) is 75.0 cm³/mol. The van der Waals surface area contributed by atoms with Crippen LogP contribution in [0.15, 0.2) is 24.3 Å². The van der Waals surface area contributed by atoms with Crippen molar-refractivity contribution in [2.45, 2.75) is 32.8 Å². The number of halogens is 1. The lowest BCUT2D eigenvalue weighted by atomic mass is 10.1. The molecule has 0 aliphatic heterocycles. The predicted octanol–water partition coefficient (Wildman–Crippen LogP) is 2.35. The molecule has 0 spiro atoms. The molecular weight excluding hydrogens is 301 g/mol. The smallest absolute Gasteiger partial charge is 0.444 e. The lowest BCUT2D eigenvalue weighted by molar-refractivity contribution is 0.0528. The van der Waals surface area contributed by atoms with Crippen LogP contribution in [0.4, 0.5) is 8.68 Å². The summed E-state index contributed by atoms with van der Waals surface area (Å²) in [6, 6.07) is 5.83. The molecule has 0 aliphatic carbocycles. The molecule has 118 valence electrons. The molecule has 1 N–H and O–H groups in total. The zero-order chi connectivity index (χ0) is 16.1. The van der Waals surface area contributed by atoms with E-state index in [9.17, 15) is 17.1 Å². The van der Waals surface area contributed by atoms with Crippen LogP contribution in [0.25, 0.3) is 0 Å². The van der Waals surface area contributed by atoms with E-state index in [-0.39, 0.29) is 5.75 Å². The van der Waals surface area contributed by atoms with E-state index in [1.54, 1.807) is 32.9 Å². The largest absolute Gasteiger partial charge is 0.488 e. The van der Waals surface area contributed by atoms with Crippen LogP contribution >= 0.6 is 0 Å². The van der Waals surface area contributed by atoms with Crippen molar-refractivity contribution in [2.75, 3.05) is 6.54 Å². The van der Waals surface area contributed by atoms with Gasteiger partial charge in [-0.1, -0.05) is 16.0 Å². The average Bonchev–Trinajstić information content (AvgIpc) is 2.27. The standard InChI is InChI=1S/C13H18FNO5S/c1-13(2,3)19-12(16)15-9-8-10-4-6-11(7-5-10)20-21(14,17)18/h4-7H,8-9H2,1-3H3,(H,15,16). The van der Waals surface area contributed by atoms with Crippen LogP contribution < -0.4 is 9.50 Å². The maximum Gasteiger partial charge on any atom is 0.488 e. The van der Waals surface area contributed by atoms with Gasteiger partial charge in [-0.25, -0.2) is 4.79 Å². The molecule has 8 heteroatoms. The second-order valence-electron chi connectivity index (χ2n) is 5.30. The molecular formula is C13H18FNO5S. The quantitative estimate of drug-likeness (QED) is 0.843. The lowest BCUT2D eigenvalue weighted by Gasteiger charge is -2.19. The Bertz CT molecular complexity index is 578. The van der Waals surface area contributed by atoms with Crippen molar-refractivity contribution < 1.29 is 26.0 Å². The van der Waals surface area contributed by atoms with Crippen LogP contribution in [0.1, 0.15) is 26.3 Å². The number of carbonyl (C=O) groups is 1. The van der Waals surface area contributed by atoms with Crippen LogP contribution in [0, 0.1) is 0 Å². The van der Waals surface area contributed by atoms with Gasteiger partial charge in [0.05, 0.1) is 0 Å². The second kappa shape index (κ2) is 6.75. The summed E-state index contributed by atoms with van der Waals surface area (Å²) in [5.74, 6) is -0.110. The molecule has 0 unspecified atom stereocenters. The minimum Gasteiger partial charge on any atom is -0.444 e. The Labute approximate surface area is 123 Å². The summed E-state index contributed by atoms with van der Waals surface area (Å²) in [5, 5.41) is 2.59. The zero-order valence-corrected chi connectivity index (χ0v) is 12.9. The minimum atomic E-state index is -5.01. The molecule has 1 amide bonds. The molecule has 0 bridgehead atoms. The van der Waals surface area contributed by atoms with Crippen LogP contribution in [0.5, 0.6) is 5.75 Å². The van der Waals surface area contributed by atoms with E-state index in [4.69, 9.17) is 4.74 Å². The van der Waals surface area contributed by atoms with E-state index >= 15 is 0 Å². The molecule has 1 aromatic rings. The van der Waals surface area contributed by atoms with Crippen molar-refractivity contribution in [1.29, 1.82) is 0 Å². The van der Waals surface area contributed by atoms with Crippen LogP contribution in [0.2, 0.25) is 0 Å². The molecule has 0 fully saturated rings. The Kier molecular flexibility index (Phi) is 5.54. The number of hydrogen-bond donors (Lipinski definition) is 1. The van der Waals surface area contributed by atoms with Gasteiger partial charge in [-0.15, -0.1) is 0 Å². The minimum absolute atomic E-state index is 0.110. The van der Waals surface area contributed by atoms with Gasteiger partial charge in [-0.2, -0.15) is 8.42 Å². The first-order chi connectivity index (χ1) is 9.55. The normalized spacial score (nSPS) is 11.8. The Hall–Kier alpha value is -1.83. The van der Waals surface area contributed by atoms with Gasteiger partial charge in [0.15, 0.2) is 0 Å². The van der Waals surface area contributed by atoms with Gasteiger partial charge in [-0.05, 0) is 44.9 Å². The number of benzene rings is 1. The van der Waals surface area contributed by atoms with E-state index in [1.165, 1.54) is 12.1 Å². The first-order valence-electron chi connectivity index (χ1n) is 6.25. The van der Waals surface area contributed by atoms with Crippen LogP contribution in [-0.4, -0.2) is 26.7 Å². The summed E-state index contributed by atoms with van der Waals surface area (Å²) in [4.78, 5) is 11.4. The van der Waals surface area contributed by atoms with E-state index in [0.29, 0.717) is 13.0 Å². The summed E-state index contributed by atoms with van der Waals surface area (Å²) in [6.07, 6.45) is 0.00742. The van der Waals surface area contributed by atoms with Gasteiger partial charge in [-0.3, -0.25) is 0 Å². The van der Waals surface area contributed by atoms with Crippen molar-refractivity contribution in [1.82, 2.24) is 5.32 Å². The maximum absolute atomic E-state index is 12.3. The second-order valence-corrected chi connectivity index (χ2v) is 6.25. The molecule has 0 heterocycles. The summed E-state index contributed by atoms with van der Waals surface area (Å²) in [6.45, 7) is 5.66. The lowest BCUT2D eigenvalue weighted by Crippen LogP contribution is -2.33. The fourth-order valence-corrected chi connectivity index (χ4v) is 1.79. The summed E-state index contributed by atoms with van der Waals surface area (Å²) in [7, 11) is -5.01. The molecule has 0 saturated heterocycles. The summed E-state index contributed by atoms with van der Waals surface area (Å²) >= 11 is 0. The van der Waals surface area contributed by atoms with Crippen molar-refractivity contribution in [3.63, 3.8) is 0 Å². The fraction of sp³-hybridized carbons (Fsp3) is 0.462. The number of rotatable bonds is 5. The number of carbonyl (C=O) groups excluding carboxylic acids is 1. The van der Waals surface area contributed by atoms with Gasteiger partial charge in [0.2, 0.25) is 0 Å². The summed E-state index contributed by atoms with van der Waals surface area (Å²) in [5.41, 5.74) is 0.274. The highest BCUT2D eigenvalue weighted by molar-refractivity contribution is 7.81. The highest BCUT2D eigenvalue weighted by atomic mass is 32.3.